The molecule has 140 valence electrons. The molecule has 0 bridgehead atoms. The van der Waals surface area contributed by atoms with Crippen LogP contribution in [0.15, 0.2) is 42.5 Å². The fourth-order valence-corrected chi connectivity index (χ4v) is 3.51. The average molecular weight is 359 g/mol. The lowest BCUT2D eigenvalue weighted by Gasteiger charge is -2.21. The third kappa shape index (κ3) is 4.54. The van der Waals surface area contributed by atoms with Gasteiger partial charge < -0.3 is 20.3 Å². The van der Waals surface area contributed by atoms with Crippen LogP contribution < -0.4 is 15.2 Å². The van der Waals surface area contributed by atoms with Crippen molar-refractivity contribution in [2.24, 2.45) is 5.73 Å². The maximum absolute atomic E-state index is 13.1. The van der Waals surface area contributed by atoms with E-state index in [9.17, 15) is 9.50 Å². The van der Waals surface area contributed by atoms with E-state index in [0.29, 0.717) is 24.9 Å². The number of ether oxygens (including phenoxy) is 2. The van der Waals surface area contributed by atoms with Gasteiger partial charge in [-0.3, -0.25) is 0 Å². The second kappa shape index (κ2) is 8.06. The zero-order valence-corrected chi connectivity index (χ0v) is 15.1. The number of halogens is 1. The van der Waals surface area contributed by atoms with Gasteiger partial charge in [0.2, 0.25) is 0 Å². The molecular weight excluding hydrogens is 333 g/mol. The van der Waals surface area contributed by atoms with E-state index in [4.69, 9.17) is 15.2 Å². The minimum atomic E-state index is -0.435. The Morgan fingerprint density at radius 1 is 1.15 bits per heavy atom. The van der Waals surface area contributed by atoms with Gasteiger partial charge >= 0.3 is 0 Å². The van der Waals surface area contributed by atoms with Crippen LogP contribution in [0.3, 0.4) is 0 Å². The van der Waals surface area contributed by atoms with Crippen LogP contribution in [0, 0.1) is 12.7 Å². The van der Waals surface area contributed by atoms with E-state index >= 15 is 0 Å². The largest absolute Gasteiger partial charge is 0.490 e. The third-order valence-corrected chi connectivity index (χ3v) is 5.06. The molecule has 0 aromatic heterocycles. The van der Waals surface area contributed by atoms with Crippen molar-refractivity contribution in [1.29, 1.82) is 0 Å². The van der Waals surface area contributed by atoms with E-state index in [1.165, 1.54) is 17.7 Å². The van der Waals surface area contributed by atoms with Crippen LogP contribution in [-0.4, -0.2) is 30.5 Å². The number of aliphatic hydroxyl groups excluding tert-OH is 1. The summed E-state index contributed by atoms with van der Waals surface area (Å²) in [6.45, 7) is 2.66. The summed E-state index contributed by atoms with van der Waals surface area (Å²) in [5, 5.41) is 9.39. The highest BCUT2D eigenvalue weighted by atomic mass is 19.1. The van der Waals surface area contributed by atoms with Gasteiger partial charge in [-0.1, -0.05) is 12.1 Å². The normalized spacial score (nSPS) is 22.4. The molecule has 1 aliphatic rings. The highest BCUT2D eigenvalue weighted by molar-refractivity contribution is 5.33. The van der Waals surface area contributed by atoms with E-state index in [-0.39, 0.29) is 12.4 Å². The van der Waals surface area contributed by atoms with Crippen molar-refractivity contribution in [1.82, 2.24) is 0 Å². The predicted molar refractivity (Wildman–Crippen MR) is 99.2 cm³/mol. The Morgan fingerprint density at radius 3 is 2.54 bits per heavy atom. The molecular formula is C21H26FNO3. The summed E-state index contributed by atoms with van der Waals surface area (Å²) in [6.07, 6.45) is 2.67. The first kappa shape index (κ1) is 18.7. The molecule has 4 nitrogen and oxygen atoms in total. The molecule has 0 unspecified atom stereocenters. The second-order valence-electron chi connectivity index (χ2n) is 7.14. The number of hydrogen-bond donors (Lipinski definition) is 2. The number of aryl methyl sites for hydroxylation is 1. The van der Waals surface area contributed by atoms with Gasteiger partial charge in [-0.25, -0.2) is 4.39 Å². The fraction of sp³-hybridized carbons (Fsp3) is 0.429. The van der Waals surface area contributed by atoms with Crippen LogP contribution in [0.4, 0.5) is 4.39 Å². The van der Waals surface area contributed by atoms with Gasteiger partial charge in [0.1, 0.15) is 30.5 Å². The van der Waals surface area contributed by atoms with E-state index in [0.717, 1.165) is 30.6 Å². The Hall–Kier alpha value is -2.11. The van der Waals surface area contributed by atoms with Crippen LogP contribution in [-0.2, 0) is 0 Å². The number of rotatable bonds is 7. The first-order valence-electron chi connectivity index (χ1n) is 9.00. The third-order valence-electron chi connectivity index (χ3n) is 5.06. The lowest BCUT2D eigenvalue weighted by Crippen LogP contribution is -2.40. The molecule has 2 aromatic rings. The summed E-state index contributed by atoms with van der Waals surface area (Å²) in [4.78, 5) is 0. The molecule has 2 atom stereocenters. The van der Waals surface area contributed by atoms with Crippen molar-refractivity contribution in [2.75, 3.05) is 19.8 Å². The van der Waals surface area contributed by atoms with E-state index in [1.807, 2.05) is 19.1 Å². The minimum Gasteiger partial charge on any atom is -0.490 e. The van der Waals surface area contributed by atoms with Crippen LogP contribution in [0.5, 0.6) is 11.5 Å². The molecule has 0 heterocycles. The lowest BCUT2D eigenvalue weighted by atomic mass is 9.94. The van der Waals surface area contributed by atoms with Crippen LogP contribution in [0.2, 0.25) is 0 Å². The molecule has 0 aliphatic heterocycles. The highest BCUT2D eigenvalue weighted by Gasteiger charge is 2.35. The molecule has 3 N–H and O–H groups in total. The molecule has 0 spiro atoms. The maximum Gasteiger partial charge on any atom is 0.123 e. The Bertz CT molecular complexity index is 735. The smallest absolute Gasteiger partial charge is 0.123 e. The molecule has 3 rings (SSSR count). The maximum atomic E-state index is 13.1. The lowest BCUT2D eigenvalue weighted by molar-refractivity contribution is 0.198. The Labute approximate surface area is 153 Å². The minimum absolute atomic E-state index is 0.0399. The number of hydrogen-bond acceptors (Lipinski definition) is 4. The van der Waals surface area contributed by atoms with Gasteiger partial charge in [0.15, 0.2) is 0 Å². The van der Waals surface area contributed by atoms with E-state index < -0.39 is 5.54 Å². The summed E-state index contributed by atoms with van der Waals surface area (Å²) < 4.78 is 24.4. The second-order valence-corrected chi connectivity index (χ2v) is 7.14. The van der Waals surface area contributed by atoms with E-state index in [1.54, 1.807) is 6.07 Å². The first-order chi connectivity index (χ1) is 12.5. The molecule has 1 saturated carbocycles. The molecule has 1 aliphatic carbocycles. The number of aliphatic hydroxyl groups is 1. The van der Waals surface area contributed by atoms with Crippen molar-refractivity contribution in [3.05, 3.63) is 59.4 Å². The molecule has 2 aromatic carbocycles. The summed E-state index contributed by atoms with van der Waals surface area (Å²) in [5.41, 5.74) is 7.72. The zero-order valence-electron chi connectivity index (χ0n) is 15.1. The van der Waals surface area contributed by atoms with Gasteiger partial charge in [-0.15, -0.1) is 0 Å². The van der Waals surface area contributed by atoms with Crippen LogP contribution in [0.1, 0.15) is 36.3 Å². The monoisotopic (exact) mass is 359 g/mol. The molecule has 0 saturated heterocycles. The predicted octanol–water partition coefficient (Wildman–Crippen LogP) is 3.55. The van der Waals surface area contributed by atoms with E-state index in [2.05, 4.69) is 12.1 Å². The van der Waals surface area contributed by atoms with Crippen molar-refractivity contribution >= 4 is 0 Å². The Balaban J connectivity index is 1.46. The fourth-order valence-electron chi connectivity index (χ4n) is 3.51. The zero-order chi connectivity index (χ0) is 18.6. The van der Waals surface area contributed by atoms with Crippen LogP contribution in [0.25, 0.3) is 0 Å². The SMILES string of the molecule is Cc1cc(F)ccc1OCCOc1ccc([C@@H]2CC[C@@](N)(CO)C2)cc1. The number of nitrogens with two attached hydrogens (primary N) is 1. The van der Waals surface area contributed by atoms with Crippen LogP contribution >= 0.6 is 0 Å². The van der Waals surface area contributed by atoms with Gasteiger partial charge in [-0.05, 0) is 73.6 Å². The summed E-state index contributed by atoms with van der Waals surface area (Å²) in [7, 11) is 0. The van der Waals surface area contributed by atoms with Gasteiger partial charge in [0, 0.05) is 5.54 Å². The van der Waals surface area contributed by atoms with Gasteiger partial charge in [0.25, 0.3) is 0 Å². The topological polar surface area (TPSA) is 64.7 Å². The molecule has 1 fully saturated rings. The van der Waals surface area contributed by atoms with Gasteiger partial charge in [-0.2, -0.15) is 0 Å². The first-order valence-corrected chi connectivity index (χ1v) is 9.00. The Kier molecular flexibility index (Phi) is 5.79. The standard InChI is InChI=1S/C21H26FNO3/c1-15-12-18(22)4-7-20(15)26-11-10-25-19-5-2-16(3-6-19)17-8-9-21(23,13-17)14-24/h2-7,12,17,24H,8-11,13-14,23H2,1H3/t17-,21+/m1/s1. The van der Waals surface area contributed by atoms with Crippen molar-refractivity contribution in [2.45, 2.75) is 37.6 Å². The Morgan fingerprint density at radius 2 is 1.88 bits per heavy atom. The average Bonchev–Trinajstić information content (AvgIpc) is 3.04. The molecule has 26 heavy (non-hydrogen) atoms. The van der Waals surface area contributed by atoms with Gasteiger partial charge in [0.05, 0.1) is 6.61 Å². The van der Waals surface area contributed by atoms with Crippen molar-refractivity contribution < 1.29 is 19.0 Å². The molecule has 0 radical (unpaired) electrons. The summed E-state index contributed by atoms with van der Waals surface area (Å²) in [6, 6.07) is 12.5. The number of benzene rings is 2. The molecule has 0 amide bonds. The summed E-state index contributed by atoms with van der Waals surface area (Å²) in [5.74, 6) is 1.58. The molecule has 5 heteroatoms. The highest BCUT2D eigenvalue weighted by Crippen LogP contribution is 2.39. The summed E-state index contributed by atoms with van der Waals surface area (Å²) >= 11 is 0. The van der Waals surface area contributed by atoms with Crippen molar-refractivity contribution in [3.8, 4) is 11.5 Å². The van der Waals surface area contributed by atoms with Crippen molar-refractivity contribution in [3.63, 3.8) is 0 Å². The quantitative estimate of drug-likeness (QED) is 0.742.